The summed E-state index contributed by atoms with van der Waals surface area (Å²) in [6, 6.07) is 8.56. The first-order chi connectivity index (χ1) is 6.31. The van der Waals surface area contributed by atoms with E-state index in [9.17, 15) is 0 Å². The summed E-state index contributed by atoms with van der Waals surface area (Å²) in [5.74, 6) is 0. The minimum absolute atomic E-state index is 0.427. The van der Waals surface area contributed by atoms with Gasteiger partial charge >= 0.3 is 0 Å². The highest BCUT2D eigenvalue weighted by Crippen LogP contribution is 2.22. The van der Waals surface area contributed by atoms with Gasteiger partial charge in [-0.25, -0.2) is 0 Å². The normalized spacial score (nSPS) is 20.5. The Morgan fingerprint density at radius 3 is 3.15 bits per heavy atom. The maximum absolute atomic E-state index is 8.74. The van der Waals surface area contributed by atoms with E-state index in [4.69, 9.17) is 5.26 Å². The van der Waals surface area contributed by atoms with Gasteiger partial charge in [-0.3, -0.25) is 0 Å². The Hall–Kier alpha value is -1.33. The highest BCUT2D eigenvalue weighted by atomic mass is 14.9. The van der Waals surface area contributed by atoms with Crippen molar-refractivity contribution >= 4 is 0 Å². The van der Waals surface area contributed by atoms with Crippen LogP contribution >= 0.6 is 0 Å². The Balaban J connectivity index is 2.47. The quantitative estimate of drug-likeness (QED) is 0.647. The number of rotatable bonds is 0. The lowest BCUT2D eigenvalue weighted by molar-refractivity contribution is 0.541. The van der Waals surface area contributed by atoms with Crippen LogP contribution in [0.3, 0.4) is 0 Å². The van der Waals surface area contributed by atoms with Gasteiger partial charge in [0.15, 0.2) is 0 Å². The Labute approximate surface area is 78.2 Å². The van der Waals surface area contributed by atoms with Gasteiger partial charge in [0.25, 0.3) is 0 Å². The number of nitriles is 1. The summed E-state index contributed by atoms with van der Waals surface area (Å²) in [5.41, 5.74) is 3.43. The van der Waals surface area contributed by atoms with Gasteiger partial charge in [-0.15, -0.1) is 0 Å². The van der Waals surface area contributed by atoms with E-state index < -0.39 is 0 Å². The first-order valence-corrected chi connectivity index (χ1v) is 4.57. The topological polar surface area (TPSA) is 35.8 Å². The van der Waals surface area contributed by atoms with Crippen molar-refractivity contribution in [3.63, 3.8) is 0 Å². The van der Waals surface area contributed by atoms with E-state index in [1.54, 1.807) is 0 Å². The summed E-state index contributed by atoms with van der Waals surface area (Å²) in [6.07, 6.45) is 1.04. The molecule has 0 fully saturated rings. The van der Waals surface area contributed by atoms with Gasteiger partial charge in [0.2, 0.25) is 0 Å². The molecule has 0 unspecified atom stereocenters. The van der Waals surface area contributed by atoms with Crippen LogP contribution in [-0.4, -0.2) is 6.54 Å². The third kappa shape index (κ3) is 1.43. The van der Waals surface area contributed by atoms with E-state index in [-0.39, 0.29) is 0 Å². The van der Waals surface area contributed by atoms with Crippen molar-refractivity contribution in [1.82, 2.24) is 5.32 Å². The Bertz CT molecular complexity index is 363. The molecule has 2 heteroatoms. The van der Waals surface area contributed by atoms with Gasteiger partial charge in [0.05, 0.1) is 11.6 Å². The Morgan fingerprint density at radius 2 is 2.38 bits per heavy atom. The van der Waals surface area contributed by atoms with Gasteiger partial charge in [0, 0.05) is 6.04 Å². The fourth-order valence-corrected chi connectivity index (χ4v) is 1.85. The Morgan fingerprint density at radius 1 is 1.54 bits per heavy atom. The summed E-state index contributed by atoms with van der Waals surface area (Å²) in [5, 5.41) is 12.1. The van der Waals surface area contributed by atoms with Crippen LogP contribution in [0, 0.1) is 11.3 Å². The smallest absolute Gasteiger partial charge is 0.0991 e. The molecule has 0 aliphatic carbocycles. The van der Waals surface area contributed by atoms with Crippen LogP contribution in [0.25, 0.3) is 0 Å². The van der Waals surface area contributed by atoms with Crippen LogP contribution in [0.1, 0.15) is 29.7 Å². The van der Waals surface area contributed by atoms with E-state index in [0.717, 1.165) is 18.5 Å². The molecule has 1 N–H and O–H groups in total. The van der Waals surface area contributed by atoms with Crippen LogP contribution in [0.5, 0.6) is 0 Å². The van der Waals surface area contributed by atoms with Gasteiger partial charge in [-0.2, -0.15) is 5.26 Å². The first-order valence-electron chi connectivity index (χ1n) is 4.57. The van der Waals surface area contributed by atoms with Crippen molar-refractivity contribution in [3.8, 4) is 6.07 Å². The van der Waals surface area contributed by atoms with Crippen LogP contribution in [0.2, 0.25) is 0 Å². The number of benzene rings is 1. The molecule has 0 spiro atoms. The summed E-state index contributed by atoms with van der Waals surface area (Å²) in [4.78, 5) is 0. The fraction of sp³-hybridized carbons (Fsp3) is 0.364. The van der Waals surface area contributed by atoms with Gasteiger partial charge in [-0.05, 0) is 43.1 Å². The zero-order valence-corrected chi connectivity index (χ0v) is 7.67. The summed E-state index contributed by atoms with van der Waals surface area (Å²) in [7, 11) is 0. The molecule has 0 amide bonds. The monoisotopic (exact) mass is 172 g/mol. The molecular weight excluding hydrogens is 160 g/mol. The van der Waals surface area contributed by atoms with Gasteiger partial charge in [0.1, 0.15) is 0 Å². The molecule has 2 rings (SSSR count). The average molecular weight is 172 g/mol. The molecule has 1 heterocycles. The predicted molar refractivity (Wildman–Crippen MR) is 51.3 cm³/mol. The van der Waals surface area contributed by atoms with Crippen molar-refractivity contribution in [2.24, 2.45) is 0 Å². The molecule has 13 heavy (non-hydrogen) atoms. The summed E-state index contributed by atoms with van der Waals surface area (Å²) >= 11 is 0. The van der Waals surface area contributed by atoms with E-state index in [1.807, 2.05) is 12.1 Å². The summed E-state index contributed by atoms with van der Waals surface area (Å²) < 4.78 is 0. The minimum atomic E-state index is 0.427. The lowest BCUT2D eigenvalue weighted by Crippen LogP contribution is -2.27. The van der Waals surface area contributed by atoms with Crippen molar-refractivity contribution in [2.45, 2.75) is 19.4 Å². The molecule has 0 radical (unpaired) electrons. The number of nitrogens with one attached hydrogen (secondary N) is 1. The number of fused-ring (bicyclic) bond motifs is 1. The Kier molecular flexibility index (Phi) is 2.03. The van der Waals surface area contributed by atoms with Gasteiger partial charge < -0.3 is 5.32 Å². The second-order valence-electron chi connectivity index (χ2n) is 3.45. The number of nitrogens with zero attached hydrogens (tertiary/aromatic N) is 1. The number of hydrogen-bond donors (Lipinski definition) is 1. The summed E-state index contributed by atoms with van der Waals surface area (Å²) in [6.45, 7) is 3.17. The lowest BCUT2D eigenvalue weighted by Gasteiger charge is -2.23. The third-order valence-electron chi connectivity index (χ3n) is 2.58. The number of hydrogen-bond acceptors (Lipinski definition) is 2. The molecule has 2 nitrogen and oxygen atoms in total. The second kappa shape index (κ2) is 3.20. The van der Waals surface area contributed by atoms with Gasteiger partial charge in [-0.1, -0.05) is 6.07 Å². The zero-order valence-electron chi connectivity index (χ0n) is 7.67. The predicted octanol–water partition coefficient (Wildman–Crippen LogP) is 1.76. The van der Waals surface area contributed by atoms with Crippen molar-refractivity contribution < 1.29 is 0 Å². The lowest BCUT2D eigenvalue weighted by atomic mass is 9.94. The molecule has 0 bridgehead atoms. The highest BCUT2D eigenvalue weighted by Gasteiger charge is 2.15. The van der Waals surface area contributed by atoms with Crippen molar-refractivity contribution in [1.29, 1.82) is 5.26 Å². The molecule has 0 aromatic heterocycles. The van der Waals surface area contributed by atoms with Crippen LogP contribution < -0.4 is 5.32 Å². The second-order valence-corrected chi connectivity index (χ2v) is 3.45. The standard InChI is InChI=1S/C11H12N2/c1-8-11-3-2-9(7-12)6-10(11)4-5-13-8/h2-3,6,8,13H,4-5H2,1H3/t8-/m0/s1. The largest absolute Gasteiger partial charge is 0.310 e. The van der Waals surface area contributed by atoms with E-state index in [1.165, 1.54) is 11.1 Å². The SMILES string of the molecule is C[C@@H]1NCCc2cc(C#N)ccc21. The van der Waals surface area contributed by atoms with Crippen LogP contribution in [0.4, 0.5) is 0 Å². The van der Waals surface area contributed by atoms with E-state index in [0.29, 0.717) is 6.04 Å². The first kappa shape index (κ1) is 8.28. The average Bonchev–Trinajstić information content (AvgIpc) is 2.18. The van der Waals surface area contributed by atoms with E-state index >= 15 is 0 Å². The molecule has 1 aliphatic heterocycles. The molecule has 1 atom stereocenters. The van der Waals surface area contributed by atoms with Crippen LogP contribution in [-0.2, 0) is 6.42 Å². The van der Waals surface area contributed by atoms with Crippen molar-refractivity contribution in [2.75, 3.05) is 6.54 Å². The fourth-order valence-electron chi connectivity index (χ4n) is 1.85. The van der Waals surface area contributed by atoms with Crippen LogP contribution in [0.15, 0.2) is 18.2 Å². The molecule has 0 saturated heterocycles. The molecule has 66 valence electrons. The maximum Gasteiger partial charge on any atom is 0.0991 e. The maximum atomic E-state index is 8.74. The zero-order chi connectivity index (χ0) is 9.26. The minimum Gasteiger partial charge on any atom is -0.310 e. The molecular formula is C11H12N2. The highest BCUT2D eigenvalue weighted by molar-refractivity contribution is 5.40. The van der Waals surface area contributed by atoms with E-state index in [2.05, 4.69) is 24.4 Å². The van der Waals surface area contributed by atoms with Crippen molar-refractivity contribution in [3.05, 3.63) is 34.9 Å². The molecule has 0 saturated carbocycles. The molecule has 1 aliphatic rings. The molecule has 1 aromatic rings. The third-order valence-corrected chi connectivity index (χ3v) is 2.58. The molecule has 1 aromatic carbocycles.